The Labute approximate surface area is 134 Å². The number of rotatable bonds is 1. The molecule has 3 aromatic rings. The normalized spacial score (nSPS) is 25.0. The zero-order valence-corrected chi connectivity index (χ0v) is 13.4. The Kier molecular flexibility index (Phi) is 2.92. The van der Waals surface area contributed by atoms with E-state index in [1.807, 2.05) is 11.3 Å². The molecule has 2 aromatic carbocycles. The van der Waals surface area contributed by atoms with Crippen molar-refractivity contribution in [2.75, 3.05) is 18.0 Å². The molecule has 2 saturated heterocycles. The van der Waals surface area contributed by atoms with Gasteiger partial charge in [0.1, 0.15) is 0 Å². The summed E-state index contributed by atoms with van der Waals surface area (Å²) in [5.41, 5.74) is 1.40. The molecule has 0 aliphatic carbocycles. The number of benzene rings is 2. The van der Waals surface area contributed by atoms with Gasteiger partial charge in [-0.05, 0) is 37.5 Å². The quantitative estimate of drug-likeness (QED) is 0.717. The molecule has 3 heteroatoms. The Bertz CT molecular complexity index is 838. The van der Waals surface area contributed by atoms with Crippen LogP contribution in [0.1, 0.15) is 19.3 Å². The van der Waals surface area contributed by atoms with Gasteiger partial charge in [-0.25, -0.2) is 0 Å². The fourth-order valence-electron chi connectivity index (χ4n) is 4.09. The molecular weight excluding hydrogens is 288 g/mol. The highest BCUT2D eigenvalue weighted by molar-refractivity contribution is 7.25. The lowest BCUT2D eigenvalue weighted by molar-refractivity contribution is 0.563. The molecule has 2 bridgehead atoms. The minimum absolute atomic E-state index is 0.686. The van der Waals surface area contributed by atoms with Crippen molar-refractivity contribution in [1.29, 1.82) is 0 Å². The van der Waals surface area contributed by atoms with Crippen molar-refractivity contribution < 1.29 is 0 Å². The number of hydrogen-bond donors (Lipinski definition) is 1. The van der Waals surface area contributed by atoms with Crippen LogP contribution in [-0.4, -0.2) is 25.2 Å². The van der Waals surface area contributed by atoms with Crippen molar-refractivity contribution in [3.05, 3.63) is 42.5 Å². The van der Waals surface area contributed by atoms with Gasteiger partial charge in [-0.15, -0.1) is 11.3 Å². The van der Waals surface area contributed by atoms with Crippen LogP contribution in [0.5, 0.6) is 0 Å². The van der Waals surface area contributed by atoms with Crippen LogP contribution in [-0.2, 0) is 0 Å². The average Bonchev–Trinajstić information content (AvgIpc) is 3.06. The molecule has 5 rings (SSSR count). The molecule has 0 spiro atoms. The van der Waals surface area contributed by atoms with Crippen molar-refractivity contribution in [1.82, 2.24) is 5.32 Å². The largest absolute Gasteiger partial charge is 0.370 e. The molecule has 2 atom stereocenters. The summed E-state index contributed by atoms with van der Waals surface area (Å²) in [6, 6.07) is 17.2. The first-order chi connectivity index (χ1) is 10.9. The molecule has 1 N–H and O–H groups in total. The highest BCUT2D eigenvalue weighted by Gasteiger charge is 2.29. The summed E-state index contributed by atoms with van der Waals surface area (Å²) in [5, 5.41) is 6.57. The molecule has 112 valence electrons. The fraction of sp³-hybridized carbons (Fsp3) is 0.368. The molecule has 0 radical (unpaired) electrons. The molecule has 2 aliphatic rings. The number of thiophene rings is 1. The smallest absolute Gasteiger partial charge is 0.0381 e. The second kappa shape index (κ2) is 4.97. The zero-order chi connectivity index (χ0) is 14.5. The summed E-state index contributed by atoms with van der Waals surface area (Å²) < 4.78 is 2.81. The van der Waals surface area contributed by atoms with Crippen molar-refractivity contribution in [2.24, 2.45) is 0 Å². The second-order valence-electron chi connectivity index (χ2n) is 6.65. The van der Waals surface area contributed by atoms with E-state index >= 15 is 0 Å². The van der Waals surface area contributed by atoms with Crippen LogP contribution in [0.2, 0.25) is 0 Å². The maximum Gasteiger partial charge on any atom is 0.0381 e. The molecule has 2 fully saturated rings. The Morgan fingerprint density at radius 1 is 0.909 bits per heavy atom. The fourth-order valence-corrected chi connectivity index (χ4v) is 5.23. The summed E-state index contributed by atoms with van der Waals surface area (Å²) in [5.74, 6) is 0. The van der Waals surface area contributed by atoms with Crippen LogP contribution in [0.25, 0.3) is 20.2 Å². The predicted octanol–water partition coefficient (Wildman–Crippen LogP) is 4.39. The SMILES string of the molecule is c1ccc2c(c1)sc1cc(N3CCC4CCC(C3)N4)ccc12. The van der Waals surface area contributed by atoms with E-state index in [0.717, 1.165) is 12.6 Å². The van der Waals surface area contributed by atoms with Crippen LogP contribution in [0.4, 0.5) is 5.69 Å². The van der Waals surface area contributed by atoms with Gasteiger partial charge in [0.25, 0.3) is 0 Å². The van der Waals surface area contributed by atoms with Crippen molar-refractivity contribution in [3.63, 3.8) is 0 Å². The van der Waals surface area contributed by atoms with Crippen LogP contribution in [0, 0.1) is 0 Å². The van der Waals surface area contributed by atoms with Gasteiger partial charge in [0.2, 0.25) is 0 Å². The van der Waals surface area contributed by atoms with E-state index in [1.54, 1.807) is 0 Å². The lowest BCUT2D eigenvalue weighted by Crippen LogP contribution is -2.35. The Hall–Kier alpha value is -1.58. The predicted molar refractivity (Wildman–Crippen MR) is 96.1 cm³/mol. The van der Waals surface area contributed by atoms with E-state index in [4.69, 9.17) is 0 Å². The molecule has 2 aliphatic heterocycles. The molecule has 3 heterocycles. The van der Waals surface area contributed by atoms with E-state index in [0.29, 0.717) is 6.04 Å². The minimum atomic E-state index is 0.686. The van der Waals surface area contributed by atoms with Crippen LogP contribution < -0.4 is 10.2 Å². The highest BCUT2D eigenvalue weighted by atomic mass is 32.1. The topological polar surface area (TPSA) is 15.3 Å². The van der Waals surface area contributed by atoms with Crippen LogP contribution in [0.3, 0.4) is 0 Å². The molecule has 1 aromatic heterocycles. The van der Waals surface area contributed by atoms with Gasteiger partial charge in [0.05, 0.1) is 0 Å². The summed E-state index contributed by atoms with van der Waals surface area (Å²) in [6.07, 6.45) is 3.99. The van der Waals surface area contributed by atoms with Crippen LogP contribution >= 0.6 is 11.3 Å². The minimum Gasteiger partial charge on any atom is -0.370 e. The van der Waals surface area contributed by atoms with Crippen LogP contribution in [0.15, 0.2) is 42.5 Å². The molecule has 2 unspecified atom stereocenters. The highest BCUT2D eigenvalue weighted by Crippen LogP contribution is 2.36. The molecule has 0 saturated carbocycles. The first-order valence-electron chi connectivity index (χ1n) is 8.29. The van der Waals surface area contributed by atoms with Gasteiger partial charge in [-0.2, -0.15) is 0 Å². The van der Waals surface area contributed by atoms with E-state index < -0.39 is 0 Å². The van der Waals surface area contributed by atoms with Gasteiger partial charge >= 0.3 is 0 Å². The number of hydrogen-bond acceptors (Lipinski definition) is 3. The van der Waals surface area contributed by atoms with Crippen molar-refractivity contribution in [3.8, 4) is 0 Å². The third-order valence-electron chi connectivity index (χ3n) is 5.25. The first kappa shape index (κ1) is 12.9. The Morgan fingerprint density at radius 2 is 1.77 bits per heavy atom. The standard InChI is InChI=1S/C19H20N2S/c1-2-4-18-16(3-1)17-8-7-15(11-19(17)22-18)21-10-9-13-5-6-14(12-21)20-13/h1-4,7-8,11,13-14,20H,5-6,9-10,12H2. The summed E-state index contributed by atoms with van der Waals surface area (Å²) in [7, 11) is 0. The van der Waals surface area contributed by atoms with Crippen molar-refractivity contribution in [2.45, 2.75) is 31.3 Å². The lowest BCUT2D eigenvalue weighted by atomic mass is 10.1. The average molecular weight is 308 g/mol. The van der Waals surface area contributed by atoms with E-state index in [1.165, 1.54) is 51.7 Å². The third-order valence-corrected chi connectivity index (χ3v) is 6.38. The number of nitrogens with one attached hydrogen (secondary N) is 1. The molecular formula is C19H20N2S. The summed E-state index contributed by atoms with van der Waals surface area (Å²) >= 11 is 1.92. The van der Waals surface area contributed by atoms with E-state index in [-0.39, 0.29) is 0 Å². The lowest BCUT2D eigenvalue weighted by Gasteiger charge is -2.26. The molecule has 0 amide bonds. The van der Waals surface area contributed by atoms with Gasteiger partial charge in [0, 0.05) is 51.0 Å². The van der Waals surface area contributed by atoms with Gasteiger partial charge < -0.3 is 10.2 Å². The van der Waals surface area contributed by atoms with Crippen molar-refractivity contribution >= 4 is 37.2 Å². The number of anilines is 1. The van der Waals surface area contributed by atoms with Gasteiger partial charge in [-0.1, -0.05) is 24.3 Å². The zero-order valence-electron chi connectivity index (χ0n) is 12.6. The van der Waals surface area contributed by atoms with Gasteiger partial charge in [0.15, 0.2) is 0 Å². The Morgan fingerprint density at radius 3 is 2.77 bits per heavy atom. The first-order valence-corrected chi connectivity index (χ1v) is 9.11. The summed E-state index contributed by atoms with van der Waals surface area (Å²) in [4.78, 5) is 2.58. The third kappa shape index (κ3) is 2.03. The molecule has 22 heavy (non-hydrogen) atoms. The Balaban J connectivity index is 1.55. The van der Waals surface area contributed by atoms with E-state index in [2.05, 4.69) is 52.7 Å². The second-order valence-corrected chi connectivity index (χ2v) is 7.74. The maximum atomic E-state index is 3.77. The maximum absolute atomic E-state index is 3.77. The monoisotopic (exact) mass is 308 g/mol. The van der Waals surface area contributed by atoms with Gasteiger partial charge in [-0.3, -0.25) is 0 Å². The summed E-state index contributed by atoms with van der Waals surface area (Å²) in [6.45, 7) is 2.34. The molecule has 2 nitrogen and oxygen atoms in total. The van der Waals surface area contributed by atoms with E-state index in [9.17, 15) is 0 Å². The number of nitrogens with zero attached hydrogens (tertiary/aromatic N) is 1. The number of fused-ring (bicyclic) bond motifs is 5.